The van der Waals surface area contributed by atoms with Crippen LogP contribution in [0.1, 0.15) is 26.3 Å². The van der Waals surface area contributed by atoms with Crippen molar-refractivity contribution in [2.24, 2.45) is 5.10 Å². The maximum absolute atomic E-state index is 11.4. The van der Waals surface area contributed by atoms with Gasteiger partial charge in [-0.1, -0.05) is 0 Å². The lowest BCUT2D eigenvalue weighted by atomic mass is 10.2. The number of aromatic hydroxyl groups is 1. The third kappa shape index (κ3) is 5.93. The van der Waals surface area contributed by atoms with E-state index in [-0.39, 0.29) is 5.75 Å². The second kappa shape index (κ2) is 6.73. The van der Waals surface area contributed by atoms with Crippen molar-refractivity contribution in [3.05, 3.63) is 24.8 Å². The molecule has 5 nitrogen and oxygen atoms in total. The van der Waals surface area contributed by atoms with Crippen LogP contribution < -0.4 is 5.43 Å². The van der Waals surface area contributed by atoms with Crippen molar-refractivity contribution >= 4 is 57.5 Å². The molecule has 0 heterocycles. The molecule has 1 aromatic rings. The Morgan fingerprint density at radius 1 is 1.42 bits per heavy atom. The molecule has 19 heavy (non-hydrogen) atoms. The lowest BCUT2D eigenvalue weighted by Crippen LogP contribution is -2.29. The van der Waals surface area contributed by atoms with Gasteiger partial charge in [-0.3, -0.25) is 0 Å². The van der Waals surface area contributed by atoms with Crippen LogP contribution in [0.2, 0.25) is 0 Å². The van der Waals surface area contributed by atoms with Gasteiger partial charge in [0.2, 0.25) is 0 Å². The number of carbonyl (C=O) groups excluding carboxylic acids is 1. The van der Waals surface area contributed by atoms with Gasteiger partial charge in [0, 0.05) is 9.13 Å². The Labute approximate surface area is 139 Å². The zero-order valence-electron chi connectivity index (χ0n) is 10.7. The van der Waals surface area contributed by atoms with E-state index in [0.717, 1.165) is 7.14 Å². The molecule has 0 fully saturated rings. The fraction of sp³-hybridized carbons (Fsp3) is 0.333. The van der Waals surface area contributed by atoms with Crippen LogP contribution in [0.4, 0.5) is 4.79 Å². The molecule has 7 heteroatoms. The van der Waals surface area contributed by atoms with Crippen LogP contribution in [0, 0.1) is 7.14 Å². The molecule has 0 unspecified atom stereocenters. The summed E-state index contributed by atoms with van der Waals surface area (Å²) in [6.45, 7) is 5.30. The third-order valence-electron chi connectivity index (χ3n) is 1.82. The summed E-state index contributed by atoms with van der Waals surface area (Å²) in [6.07, 6.45) is 0.743. The molecule has 0 aliphatic heterocycles. The summed E-state index contributed by atoms with van der Waals surface area (Å²) in [7, 11) is 0. The van der Waals surface area contributed by atoms with Crippen LogP contribution in [0.15, 0.2) is 17.2 Å². The Morgan fingerprint density at radius 2 is 2.05 bits per heavy atom. The van der Waals surface area contributed by atoms with Gasteiger partial charge in [0.1, 0.15) is 11.4 Å². The number of rotatable bonds is 2. The number of phenolic OH excluding ortho intramolecular Hbond substituents is 1. The smallest absolute Gasteiger partial charge is 0.428 e. The van der Waals surface area contributed by atoms with Crippen molar-refractivity contribution in [3.8, 4) is 5.75 Å². The monoisotopic (exact) mass is 488 g/mol. The third-order valence-corrected chi connectivity index (χ3v) is 3.26. The van der Waals surface area contributed by atoms with Crippen molar-refractivity contribution in [2.75, 3.05) is 0 Å². The highest BCUT2D eigenvalue weighted by Gasteiger charge is 2.15. The fourth-order valence-corrected chi connectivity index (χ4v) is 3.03. The van der Waals surface area contributed by atoms with Gasteiger partial charge in [-0.25, -0.2) is 10.2 Å². The van der Waals surface area contributed by atoms with Crippen LogP contribution in [0.3, 0.4) is 0 Å². The molecule has 104 valence electrons. The minimum absolute atomic E-state index is 0.135. The fourth-order valence-electron chi connectivity index (χ4n) is 1.14. The SMILES string of the molecule is CC(C)(C)OC(=O)NN=Cc1cc(I)cc(I)c1O. The maximum Gasteiger partial charge on any atom is 0.428 e. The van der Waals surface area contributed by atoms with Crippen molar-refractivity contribution < 1.29 is 14.6 Å². The molecule has 0 aliphatic carbocycles. The summed E-state index contributed by atoms with van der Waals surface area (Å²) >= 11 is 4.17. The average Bonchev–Trinajstić information content (AvgIpc) is 2.22. The summed E-state index contributed by atoms with van der Waals surface area (Å²) in [4.78, 5) is 11.4. The minimum Gasteiger partial charge on any atom is -0.506 e. The quantitative estimate of drug-likeness (QED) is 0.381. The Bertz CT molecular complexity index is 510. The number of amides is 1. The Balaban J connectivity index is 2.71. The van der Waals surface area contributed by atoms with E-state index in [1.54, 1.807) is 26.8 Å². The molecule has 0 atom stereocenters. The molecule has 0 saturated carbocycles. The number of hydrazone groups is 1. The highest BCUT2D eigenvalue weighted by Crippen LogP contribution is 2.25. The zero-order valence-corrected chi connectivity index (χ0v) is 15.0. The van der Waals surface area contributed by atoms with Gasteiger partial charge in [-0.05, 0) is 78.1 Å². The summed E-state index contributed by atoms with van der Waals surface area (Å²) in [6, 6.07) is 3.60. The molecule has 1 aromatic carbocycles. The molecular formula is C12H14I2N2O3. The first-order chi connectivity index (χ1) is 8.69. The van der Waals surface area contributed by atoms with Crippen LogP contribution in [0.25, 0.3) is 0 Å². The van der Waals surface area contributed by atoms with E-state index < -0.39 is 11.7 Å². The highest BCUT2D eigenvalue weighted by molar-refractivity contribution is 14.1. The predicted octanol–water partition coefficient (Wildman–Crippen LogP) is 3.46. The van der Waals surface area contributed by atoms with Crippen LogP contribution >= 0.6 is 45.2 Å². The molecule has 0 aliphatic rings. The number of nitrogens with one attached hydrogen (secondary N) is 1. The number of carbonyl (C=O) groups is 1. The van der Waals surface area contributed by atoms with E-state index in [2.05, 4.69) is 33.1 Å². The molecular weight excluding hydrogens is 474 g/mol. The Kier molecular flexibility index (Phi) is 5.83. The normalized spacial score (nSPS) is 11.6. The molecule has 1 amide bonds. The molecule has 0 radical (unpaired) electrons. The van der Waals surface area contributed by atoms with E-state index >= 15 is 0 Å². The van der Waals surface area contributed by atoms with E-state index in [4.69, 9.17) is 4.74 Å². The van der Waals surface area contributed by atoms with Crippen LogP contribution in [-0.2, 0) is 4.74 Å². The second-order valence-corrected chi connectivity index (χ2v) is 7.11. The zero-order chi connectivity index (χ0) is 14.6. The predicted molar refractivity (Wildman–Crippen MR) is 90.5 cm³/mol. The van der Waals surface area contributed by atoms with Crippen molar-refractivity contribution in [2.45, 2.75) is 26.4 Å². The number of phenols is 1. The molecule has 1 rings (SSSR count). The topological polar surface area (TPSA) is 70.9 Å². The first kappa shape index (κ1) is 16.5. The largest absolute Gasteiger partial charge is 0.506 e. The lowest BCUT2D eigenvalue weighted by Gasteiger charge is -2.18. The number of hydrogen-bond donors (Lipinski definition) is 2. The van der Waals surface area contributed by atoms with Gasteiger partial charge in [-0.2, -0.15) is 5.10 Å². The van der Waals surface area contributed by atoms with Gasteiger partial charge in [-0.15, -0.1) is 0 Å². The molecule has 0 bridgehead atoms. The van der Waals surface area contributed by atoms with E-state index in [0.29, 0.717) is 5.56 Å². The molecule has 0 saturated heterocycles. The first-order valence-corrected chi connectivity index (χ1v) is 7.55. The van der Waals surface area contributed by atoms with Gasteiger partial charge >= 0.3 is 6.09 Å². The van der Waals surface area contributed by atoms with E-state index in [9.17, 15) is 9.90 Å². The number of hydrogen-bond acceptors (Lipinski definition) is 4. The number of halogens is 2. The summed E-state index contributed by atoms with van der Waals surface area (Å²) in [5.41, 5.74) is 2.21. The summed E-state index contributed by atoms with van der Waals surface area (Å²) in [5, 5.41) is 13.6. The van der Waals surface area contributed by atoms with Gasteiger partial charge in [0.05, 0.1) is 9.78 Å². The minimum atomic E-state index is -0.636. The standard InChI is InChI=1S/C12H14I2N2O3/c1-12(2,3)19-11(18)16-15-6-7-4-8(13)5-9(14)10(7)17/h4-6,17H,1-3H3,(H,16,18). The molecule has 0 aromatic heterocycles. The lowest BCUT2D eigenvalue weighted by molar-refractivity contribution is 0.0529. The molecule has 2 N–H and O–H groups in total. The van der Waals surface area contributed by atoms with Crippen molar-refractivity contribution in [3.63, 3.8) is 0 Å². The number of nitrogens with zero attached hydrogens (tertiary/aromatic N) is 1. The molecule has 0 spiro atoms. The van der Waals surface area contributed by atoms with Gasteiger partial charge in [0.25, 0.3) is 0 Å². The van der Waals surface area contributed by atoms with Gasteiger partial charge < -0.3 is 9.84 Å². The first-order valence-electron chi connectivity index (χ1n) is 5.39. The summed E-state index contributed by atoms with van der Waals surface area (Å²) < 4.78 is 6.72. The van der Waals surface area contributed by atoms with Crippen molar-refractivity contribution in [1.82, 2.24) is 5.43 Å². The maximum atomic E-state index is 11.4. The number of ether oxygens (including phenoxy) is 1. The Hall–Kier alpha value is -0.580. The van der Waals surface area contributed by atoms with Crippen LogP contribution in [-0.4, -0.2) is 23.0 Å². The van der Waals surface area contributed by atoms with E-state index in [1.165, 1.54) is 6.21 Å². The van der Waals surface area contributed by atoms with Crippen molar-refractivity contribution in [1.29, 1.82) is 0 Å². The summed E-state index contributed by atoms with van der Waals surface area (Å²) in [5.74, 6) is 0.135. The van der Waals surface area contributed by atoms with E-state index in [1.807, 2.05) is 28.7 Å². The second-order valence-electron chi connectivity index (χ2n) is 4.70. The number of benzene rings is 1. The average molecular weight is 488 g/mol. The van der Waals surface area contributed by atoms with Gasteiger partial charge in [0.15, 0.2) is 0 Å². The highest BCUT2D eigenvalue weighted by atomic mass is 127. The van der Waals surface area contributed by atoms with Crippen LogP contribution in [0.5, 0.6) is 5.75 Å². The Morgan fingerprint density at radius 3 is 2.63 bits per heavy atom.